The van der Waals surface area contributed by atoms with E-state index in [-0.39, 0.29) is 17.7 Å². The second kappa shape index (κ2) is 6.72. The number of nitrogens with zero attached hydrogens (tertiary/aromatic N) is 4. The molecule has 6 heteroatoms. The monoisotopic (exact) mass is 434 g/mol. The van der Waals surface area contributed by atoms with Gasteiger partial charge in [0.1, 0.15) is 10.8 Å². The Morgan fingerprint density at radius 1 is 0.606 bits per heavy atom. The fourth-order valence-corrected chi connectivity index (χ4v) is 5.87. The van der Waals surface area contributed by atoms with E-state index in [0.29, 0.717) is 22.8 Å². The fraction of sp³-hybridized carbons (Fsp3) is 0.185. The van der Waals surface area contributed by atoms with Crippen LogP contribution in [0.15, 0.2) is 101 Å². The Morgan fingerprint density at radius 2 is 0.970 bits per heavy atom. The second-order valence-corrected chi connectivity index (χ2v) is 8.74. The minimum absolute atomic E-state index is 0.183. The molecule has 162 valence electrons. The predicted octanol–water partition coefficient (Wildman–Crippen LogP) is 4.60. The van der Waals surface area contributed by atoms with Crippen LogP contribution in [0.5, 0.6) is 0 Å². The summed E-state index contributed by atoms with van der Waals surface area (Å²) in [6.45, 7) is 3.72. The van der Waals surface area contributed by atoms with Crippen LogP contribution in [0.1, 0.15) is 25.3 Å². The molecule has 0 bridgehead atoms. The van der Waals surface area contributed by atoms with Crippen LogP contribution in [-0.4, -0.2) is 23.2 Å². The van der Waals surface area contributed by atoms with E-state index in [2.05, 4.69) is 0 Å². The Kier molecular flexibility index (Phi) is 3.99. The van der Waals surface area contributed by atoms with Crippen molar-refractivity contribution in [3.63, 3.8) is 0 Å². The third kappa shape index (κ3) is 2.27. The molecule has 1 aliphatic carbocycles. The Bertz CT molecular complexity index is 1250. The van der Waals surface area contributed by atoms with Crippen molar-refractivity contribution in [3.8, 4) is 0 Å². The van der Waals surface area contributed by atoms with Crippen molar-refractivity contribution in [3.05, 3.63) is 96.6 Å². The first kappa shape index (κ1) is 19.6. The van der Waals surface area contributed by atoms with Gasteiger partial charge in [0.2, 0.25) is 0 Å². The Hall–Kier alpha value is -4.06. The molecule has 3 aromatic carbocycles. The average molecular weight is 434 g/mol. The molecule has 0 radical (unpaired) electrons. The van der Waals surface area contributed by atoms with Crippen LogP contribution in [0.4, 0.5) is 11.4 Å². The summed E-state index contributed by atoms with van der Waals surface area (Å²) < 4.78 is 0. The molecule has 2 amide bonds. The van der Waals surface area contributed by atoms with E-state index in [1.807, 2.05) is 105 Å². The molecule has 3 aromatic rings. The highest BCUT2D eigenvalue weighted by molar-refractivity contribution is 6.37. The highest BCUT2D eigenvalue weighted by Gasteiger charge is 2.91. The summed E-state index contributed by atoms with van der Waals surface area (Å²) in [5.74, 6) is -0.739. The molecule has 0 saturated heterocycles. The smallest absolute Gasteiger partial charge is 0.261 e. The van der Waals surface area contributed by atoms with Gasteiger partial charge in [0, 0.05) is 5.92 Å². The molecule has 33 heavy (non-hydrogen) atoms. The summed E-state index contributed by atoms with van der Waals surface area (Å²) in [6.07, 6.45) is 0. The summed E-state index contributed by atoms with van der Waals surface area (Å²) in [7, 11) is 0. The van der Waals surface area contributed by atoms with Gasteiger partial charge < -0.3 is 0 Å². The van der Waals surface area contributed by atoms with Gasteiger partial charge in [0.05, 0.1) is 22.8 Å². The summed E-state index contributed by atoms with van der Waals surface area (Å²) in [5.41, 5.74) is 1.40. The molecule has 0 N–H and O–H groups in total. The Labute approximate surface area is 191 Å². The molecule has 3 atom stereocenters. The third-order valence-corrected chi connectivity index (χ3v) is 7.24. The lowest BCUT2D eigenvalue weighted by molar-refractivity contribution is -0.126. The van der Waals surface area contributed by atoms with Crippen LogP contribution in [0.25, 0.3) is 0 Å². The van der Waals surface area contributed by atoms with Crippen molar-refractivity contribution < 1.29 is 9.59 Å². The van der Waals surface area contributed by atoms with Crippen molar-refractivity contribution in [2.24, 2.45) is 21.0 Å². The molecule has 2 spiro atoms. The molecule has 6 nitrogen and oxygen atoms in total. The molecule has 1 fully saturated rings. The maximum atomic E-state index is 14.2. The van der Waals surface area contributed by atoms with Crippen molar-refractivity contribution >= 4 is 34.6 Å². The minimum Gasteiger partial charge on any atom is -0.271 e. The van der Waals surface area contributed by atoms with Crippen molar-refractivity contribution in [1.82, 2.24) is 0 Å². The molecule has 1 saturated carbocycles. The quantitative estimate of drug-likeness (QED) is 0.605. The normalized spacial score (nSPS) is 28.0. The first-order valence-corrected chi connectivity index (χ1v) is 11.0. The van der Waals surface area contributed by atoms with Gasteiger partial charge in [-0.05, 0) is 43.7 Å². The SMILES string of the molecule is CC1=NN(c2ccccc2)C(=O)[C@@]12C(c1ccccc1)[C@]21C(=O)N(c2ccccc2)N=C1C. The van der Waals surface area contributed by atoms with Gasteiger partial charge in [-0.3, -0.25) is 9.59 Å². The molecule has 2 aliphatic heterocycles. The van der Waals surface area contributed by atoms with Crippen molar-refractivity contribution in [2.45, 2.75) is 19.8 Å². The summed E-state index contributed by atoms with van der Waals surface area (Å²) in [5, 5.41) is 12.3. The first-order chi connectivity index (χ1) is 16.0. The molecular formula is C27H22N4O2. The second-order valence-electron chi connectivity index (χ2n) is 8.74. The van der Waals surface area contributed by atoms with E-state index < -0.39 is 10.8 Å². The highest BCUT2D eigenvalue weighted by Crippen LogP contribution is 2.79. The number of anilines is 2. The van der Waals surface area contributed by atoms with Gasteiger partial charge in [0.25, 0.3) is 11.8 Å². The lowest BCUT2D eigenvalue weighted by Crippen LogP contribution is -2.40. The van der Waals surface area contributed by atoms with Gasteiger partial charge in [-0.1, -0.05) is 66.7 Å². The largest absolute Gasteiger partial charge is 0.271 e. The van der Waals surface area contributed by atoms with E-state index in [1.54, 1.807) is 0 Å². The maximum absolute atomic E-state index is 14.2. The van der Waals surface area contributed by atoms with Crippen LogP contribution >= 0.6 is 0 Å². The lowest BCUT2D eigenvalue weighted by atomic mass is 9.85. The van der Waals surface area contributed by atoms with Crippen LogP contribution in [0.2, 0.25) is 0 Å². The number of para-hydroxylation sites is 2. The topological polar surface area (TPSA) is 65.3 Å². The van der Waals surface area contributed by atoms with Gasteiger partial charge in [0.15, 0.2) is 0 Å². The zero-order valence-corrected chi connectivity index (χ0v) is 18.3. The zero-order chi connectivity index (χ0) is 22.8. The molecule has 3 aliphatic rings. The molecule has 0 aromatic heterocycles. The maximum Gasteiger partial charge on any atom is 0.261 e. The van der Waals surface area contributed by atoms with Gasteiger partial charge in [-0.15, -0.1) is 0 Å². The van der Waals surface area contributed by atoms with Crippen LogP contribution in [-0.2, 0) is 9.59 Å². The number of hydrogen-bond acceptors (Lipinski definition) is 4. The number of carbonyl (C=O) groups excluding carboxylic acids is 2. The summed E-state index contributed by atoms with van der Waals surface area (Å²) >= 11 is 0. The average Bonchev–Trinajstić information content (AvgIpc) is 3.34. The van der Waals surface area contributed by atoms with Gasteiger partial charge >= 0.3 is 0 Å². The number of hydrazone groups is 2. The number of benzene rings is 3. The first-order valence-electron chi connectivity index (χ1n) is 11.0. The van der Waals surface area contributed by atoms with Gasteiger partial charge in [-0.25, -0.2) is 0 Å². The third-order valence-electron chi connectivity index (χ3n) is 7.24. The van der Waals surface area contributed by atoms with E-state index in [1.165, 1.54) is 10.0 Å². The molecule has 2 heterocycles. The number of fused-ring (bicyclic) bond motifs is 1. The standard InChI is InChI=1S/C27H22N4O2/c1-18-26(24(32)30(28-18)21-14-8-4-9-15-21)23(20-12-6-3-7-13-20)27(26)19(2)29-31(25(27)33)22-16-10-5-11-17-22/h3-17,23H,1-2H3/t23?,26-,27+. The van der Waals surface area contributed by atoms with E-state index in [4.69, 9.17) is 10.2 Å². The van der Waals surface area contributed by atoms with Crippen LogP contribution < -0.4 is 10.0 Å². The predicted molar refractivity (Wildman–Crippen MR) is 128 cm³/mol. The van der Waals surface area contributed by atoms with E-state index >= 15 is 0 Å². The summed E-state index contributed by atoms with van der Waals surface area (Å²) in [6, 6.07) is 28.5. The van der Waals surface area contributed by atoms with Crippen molar-refractivity contribution in [1.29, 1.82) is 0 Å². The van der Waals surface area contributed by atoms with E-state index in [0.717, 1.165) is 5.56 Å². The number of hydrogen-bond donors (Lipinski definition) is 0. The van der Waals surface area contributed by atoms with Crippen LogP contribution in [0, 0.1) is 10.8 Å². The van der Waals surface area contributed by atoms with Gasteiger partial charge in [-0.2, -0.15) is 20.2 Å². The van der Waals surface area contributed by atoms with Crippen molar-refractivity contribution in [2.75, 3.05) is 10.0 Å². The molecule has 1 unspecified atom stereocenters. The fourth-order valence-electron chi connectivity index (χ4n) is 5.87. The zero-order valence-electron chi connectivity index (χ0n) is 18.3. The van der Waals surface area contributed by atoms with Crippen LogP contribution in [0.3, 0.4) is 0 Å². The highest BCUT2D eigenvalue weighted by atomic mass is 16.2. The Balaban J connectivity index is 1.53. The van der Waals surface area contributed by atoms with E-state index in [9.17, 15) is 9.59 Å². The number of amides is 2. The Morgan fingerprint density at radius 3 is 1.36 bits per heavy atom. The summed E-state index contributed by atoms with van der Waals surface area (Å²) in [4.78, 5) is 28.3. The number of carbonyl (C=O) groups is 2. The number of rotatable bonds is 3. The molecular weight excluding hydrogens is 412 g/mol. The molecule has 6 rings (SSSR count). The minimum atomic E-state index is -1.10. The lowest BCUT2D eigenvalue weighted by Gasteiger charge is -2.18.